The van der Waals surface area contributed by atoms with Gasteiger partial charge in [0.1, 0.15) is 11.6 Å². The van der Waals surface area contributed by atoms with Gasteiger partial charge in [-0.3, -0.25) is 19.3 Å². The molecule has 1 aliphatic carbocycles. The smallest absolute Gasteiger partial charge is 0.326 e. The van der Waals surface area contributed by atoms with Crippen LogP contribution in [0.15, 0.2) is 59.8 Å². The lowest BCUT2D eigenvalue weighted by atomic mass is 9.72. The number of carbonyl (C=O) groups excluding carboxylic acids is 3. The van der Waals surface area contributed by atoms with Crippen LogP contribution in [0.4, 0.5) is 27.6 Å². The highest BCUT2D eigenvalue weighted by atomic mass is 19.4. The summed E-state index contributed by atoms with van der Waals surface area (Å²) in [7, 11) is 0. The van der Waals surface area contributed by atoms with Gasteiger partial charge >= 0.3 is 6.18 Å². The van der Waals surface area contributed by atoms with Crippen LogP contribution in [0.3, 0.4) is 0 Å². The van der Waals surface area contributed by atoms with E-state index < -0.39 is 57.5 Å². The van der Waals surface area contributed by atoms with E-state index >= 15 is 0 Å². The second-order valence-corrected chi connectivity index (χ2v) is 9.06. The molecule has 1 aliphatic heterocycles. The number of hydrogen-bond donors (Lipinski definition) is 1. The summed E-state index contributed by atoms with van der Waals surface area (Å²) in [6, 6.07) is 8.48. The Balaban J connectivity index is 1.95. The van der Waals surface area contributed by atoms with E-state index in [4.69, 9.17) is 0 Å². The van der Waals surface area contributed by atoms with Gasteiger partial charge < -0.3 is 5.32 Å². The van der Waals surface area contributed by atoms with Crippen molar-refractivity contribution in [2.45, 2.75) is 38.4 Å². The number of hydrogen-bond acceptors (Lipinski definition) is 3. The number of alkyl halides is 3. The van der Waals surface area contributed by atoms with E-state index in [0.717, 1.165) is 36.4 Å². The molecule has 178 valence electrons. The molecule has 0 saturated heterocycles. The molecule has 0 aromatic heterocycles. The predicted molar refractivity (Wildman–Crippen MR) is 112 cm³/mol. The zero-order valence-electron chi connectivity index (χ0n) is 18.1. The summed E-state index contributed by atoms with van der Waals surface area (Å²) in [5.74, 6) is -5.89. The van der Waals surface area contributed by atoms with Gasteiger partial charge in [-0.2, -0.15) is 13.2 Å². The van der Waals surface area contributed by atoms with Crippen molar-refractivity contribution in [3.05, 3.63) is 77.0 Å². The first-order valence-corrected chi connectivity index (χ1v) is 10.3. The average molecular weight is 478 g/mol. The van der Waals surface area contributed by atoms with Crippen molar-refractivity contribution in [2.24, 2.45) is 5.41 Å². The fourth-order valence-electron chi connectivity index (χ4n) is 4.50. The molecule has 34 heavy (non-hydrogen) atoms. The van der Waals surface area contributed by atoms with Crippen molar-refractivity contribution < 1.29 is 36.3 Å². The van der Waals surface area contributed by atoms with Crippen molar-refractivity contribution in [1.29, 1.82) is 0 Å². The Labute approximate surface area is 191 Å². The number of carbonyl (C=O) groups is 3. The van der Waals surface area contributed by atoms with Crippen LogP contribution in [0.1, 0.15) is 37.0 Å². The number of anilines is 1. The minimum Gasteiger partial charge on any atom is -0.326 e. The molecule has 1 N–H and O–H groups in total. The summed E-state index contributed by atoms with van der Waals surface area (Å²) < 4.78 is 71.8. The number of halogens is 5. The molecule has 0 fully saturated rings. The first kappa shape index (κ1) is 23.6. The molecule has 2 amide bonds. The molecule has 10 heteroatoms. The largest absolute Gasteiger partial charge is 0.425 e. The SMILES string of the molecule is CC1(C)CC(=O)C2=C(C1)N(c1ccc(F)cc1)C(=O)[C@@]2(NC(=O)c1ccccc1F)C(F)(F)F. The maximum absolute atomic E-state index is 14.7. The Morgan fingerprint density at radius 1 is 0.971 bits per heavy atom. The number of nitrogens with zero attached hydrogens (tertiary/aromatic N) is 1. The standard InChI is InChI=1S/C24H19F5N2O3/c1-22(2)11-17-19(18(32)12-22)23(24(27,28)29,30-20(33)15-5-3-4-6-16(15)26)21(34)31(17)14-9-7-13(25)8-10-14/h3-10H,11-12H2,1-2H3,(H,30,33)/t23-/m1/s1. The third kappa shape index (κ3) is 3.57. The number of nitrogens with one attached hydrogen (secondary N) is 1. The highest BCUT2D eigenvalue weighted by molar-refractivity contribution is 6.21. The van der Waals surface area contributed by atoms with Gasteiger partial charge in [-0.25, -0.2) is 8.78 Å². The number of allylic oxidation sites excluding steroid dienone is 1. The summed E-state index contributed by atoms with van der Waals surface area (Å²) in [5, 5.41) is 1.66. The van der Waals surface area contributed by atoms with Crippen LogP contribution in [0.25, 0.3) is 0 Å². The summed E-state index contributed by atoms with van der Waals surface area (Å²) >= 11 is 0. The van der Waals surface area contributed by atoms with Crippen LogP contribution < -0.4 is 10.2 Å². The lowest BCUT2D eigenvalue weighted by Gasteiger charge is -2.35. The molecule has 0 spiro atoms. The minimum atomic E-state index is -5.45. The number of rotatable bonds is 3. The maximum Gasteiger partial charge on any atom is 0.425 e. The van der Waals surface area contributed by atoms with Crippen LogP contribution in [-0.4, -0.2) is 29.3 Å². The third-order valence-corrected chi connectivity index (χ3v) is 5.95. The second kappa shape index (κ2) is 7.75. The quantitative estimate of drug-likeness (QED) is 0.652. The van der Waals surface area contributed by atoms with Crippen molar-refractivity contribution in [3.63, 3.8) is 0 Å². The molecule has 1 atom stereocenters. The molecule has 4 rings (SSSR count). The Hall–Kier alpha value is -3.56. The Kier molecular flexibility index (Phi) is 5.38. The first-order valence-electron chi connectivity index (χ1n) is 10.3. The van der Waals surface area contributed by atoms with E-state index in [2.05, 4.69) is 0 Å². The highest BCUT2D eigenvalue weighted by Crippen LogP contribution is 2.52. The molecule has 2 aromatic rings. The van der Waals surface area contributed by atoms with Crippen LogP contribution in [0.2, 0.25) is 0 Å². The summed E-state index contributed by atoms with van der Waals surface area (Å²) in [6.45, 7) is 3.32. The molecule has 0 radical (unpaired) electrons. The lowest BCUT2D eigenvalue weighted by Crippen LogP contribution is -2.66. The van der Waals surface area contributed by atoms with Gasteiger partial charge in [-0.15, -0.1) is 0 Å². The van der Waals surface area contributed by atoms with Crippen LogP contribution in [0.5, 0.6) is 0 Å². The monoisotopic (exact) mass is 478 g/mol. The molecular formula is C24H19F5N2O3. The zero-order chi connectivity index (χ0) is 25.1. The molecular weight excluding hydrogens is 459 g/mol. The third-order valence-electron chi connectivity index (χ3n) is 5.95. The van der Waals surface area contributed by atoms with E-state index in [1.54, 1.807) is 19.2 Å². The van der Waals surface area contributed by atoms with Crippen molar-refractivity contribution in [2.75, 3.05) is 4.90 Å². The molecule has 5 nitrogen and oxygen atoms in total. The minimum absolute atomic E-state index is 0.0927. The number of benzene rings is 2. The maximum atomic E-state index is 14.7. The summed E-state index contributed by atoms with van der Waals surface area (Å²) in [6.07, 6.45) is -5.84. The molecule has 0 saturated carbocycles. The van der Waals surface area contributed by atoms with Crippen molar-refractivity contribution in [1.82, 2.24) is 5.32 Å². The van der Waals surface area contributed by atoms with Crippen LogP contribution >= 0.6 is 0 Å². The zero-order valence-corrected chi connectivity index (χ0v) is 18.1. The molecule has 2 aliphatic rings. The fourth-order valence-corrected chi connectivity index (χ4v) is 4.50. The molecule has 0 unspecified atom stereocenters. The Bertz CT molecular complexity index is 1230. The fraction of sp³-hybridized carbons (Fsp3) is 0.292. The average Bonchev–Trinajstić information content (AvgIpc) is 2.96. The topological polar surface area (TPSA) is 66.5 Å². The lowest BCUT2D eigenvalue weighted by molar-refractivity contribution is -0.186. The van der Waals surface area contributed by atoms with E-state index in [1.165, 1.54) is 12.1 Å². The van der Waals surface area contributed by atoms with Gasteiger partial charge in [0.25, 0.3) is 11.8 Å². The molecule has 1 heterocycles. The van der Waals surface area contributed by atoms with Crippen LogP contribution in [-0.2, 0) is 9.59 Å². The Morgan fingerprint density at radius 3 is 2.18 bits per heavy atom. The summed E-state index contributed by atoms with van der Waals surface area (Å²) in [4.78, 5) is 40.1. The summed E-state index contributed by atoms with van der Waals surface area (Å²) in [5.41, 5.74) is -6.47. The van der Waals surface area contributed by atoms with E-state index in [9.17, 15) is 36.3 Å². The van der Waals surface area contributed by atoms with Gasteiger partial charge in [-0.1, -0.05) is 26.0 Å². The van der Waals surface area contributed by atoms with Crippen molar-refractivity contribution >= 4 is 23.3 Å². The van der Waals surface area contributed by atoms with Gasteiger partial charge in [0.2, 0.25) is 5.54 Å². The van der Waals surface area contributed by atoms with Crippen molar-refractivity contribution in [3.8, 4) is 0 Å². The van der Waals surface area contributed by atoms with Crippen LogP contribution in [0, 0.1) is 17.0 Å². The second-order valence-electron chi connectivity index (χ2n) is 9.06. The van der Waals surface area contributed by atoms with E-state index in [-0.39, 0.29) is 24.2 Å². The van der Waals surface area contributed by atoms with E-state index in [0.29, 0.717) is 4.90 Å². The first-order chi connectivity index (χ1) is 15.8. The van der Waals surface area contributed by atoms with Gasteiger partial charge in [0.15, 0.2) is 5.78 Å². The van der Waals surface area contributed by atoms with E-state index in [1.807, 2.05) is 0 Å². The van der Waals surface area contributed by atoms with Gasteiger partial charge in [-0.05, 0) is 48.2 Å². The Morgan fingerprint density at radius 2 is 1.59 bits per heavy atom. The number of ketones is 1. The normalized spacial score (nSPS) is 22.1. The molecule has 0 bridgehead atoms. The number of amides is 2. The number of Topliss-reactive ketones (excluding diaryl/α,β-unsaturated/α-hetero) is 1. The highest BCUT2D eigenvalue weighted by Gasteiger charge is 2.72. The van der Waals surface area contributed by atoms with Gasteiger partial charge in [0, 0.05) is 17.8 Å². The predicted octanol–water partition coefficient (Wildman–Crippen LogP) is 4.69. The molecule has 2 aromatic carbocycles. The van der Waals surface area contributed by atoms with Gasteiger partial charge in [0.05, 0.1) is 11.1 Å².